The molecule has 0 saturated carbocycles. The van der Waals surface area contributed by atoms with E-state index in [-0.39, 0.29) is 16.2 Å². The highest BCUT2D eigenvalue weighted by Crippen LogP contribution is 2.55. The van der Waals surface area contributed by atoms with Gasteiger partial charge in [-0.25, -0.2) is 0 Å². The fourth-order valence-corrected chi connectivity index (χ4v) is 8.95. The van der Waals surface area contributed by atoms with Gasteiger partial charge in [-0.2, -0.15) is 0 Å². The summed E-state index contributed by atoms with van der Waals surface area (Å²) >= 11 is 0. The second-order valence-electron chi connectivity index (χ2n) is 19.8. The molecular weight excluding hydrogens is 705 g/mol. The minimum atomic E-state index is 0.0403. The van der Waals surface area contributed by atoms with E-state index < -0.39 is 0 Å². The Hall–Kier alpha value is -3.26. The first kappa shape index (κ1) is 47.4. The van der Waals surface area contributed by atoms with E-state index in [1.807, 2.05) is 0 Å². The molecule has 58 heavy (non-hydrogen) atoms. The summed E-state index contributed by atoms with van der Waals surface area (Å²) in [5.41, 5.74) is 11.1. The second-order valence-corrected chi connectivity index (χ2v) is 19.8. The first-order valence-electron chi connectivity index (χ1n) is 23.8. The molecule has 3 aromatic carbocycles. The Morgan fingerprint density at radius 2 is 1.14 bits per heavy atom. The lowest BCUT2D eigenvalue weighted by molar-refractivity contribution is 0.232. The first-order valence-corrected chi connectivity index (χ1v) is 23.8. The molecule has 1 unspecified atom stereocenters. The van der Waals surface area contributed by atoms with E-state index in [2.05, 4.69) is 142 Å². The maximum Gasteiger partial charge on any atom is 0.127 e. The van der Waals surface area contributed by atoms with Gasteiger partial charge in [0.2, 0.25) is 0 Å². The van der Waals surface area contributed by atoms with Crippen LogP contribution in [-0.4, -0.2) is 13.7 Å². The lowest BCUT2D eigenvalue weighted by Crippen LogP contribution is -2.26. The summed E-state index contributed by atoms with van der Waals surface area (Å²) in [6.07, 6.45) is 32.3. The largest absolute Gasteiger partial charge is 0.496 e. The van der Waals surface area contributed by atoms with Crippen LogP contribution in [0.4, 0.5) is 0 Å². The van der Waals surface area contributed by atoms with Gasteiger partial charge in [-0.1, -0.05) is 226 Å². The third-order valence-corrected chi connectivity index (χ3v) is 12.8. The van der Waals surface area contributed by atoms with Crippen molar-refractivity contribution in [3.8, 4) is 22.6 Å². The van der Waals surface area contributed by atoms with Crippen molar-refractivity contribution in [2.45, 2.75) is 196 Å². The molecule has 0 spiro atoms. The van der Waals surface area contributed by atoms with Crippen LogP contribution in [0.1, 0.15) is 218 Å². The van der Waals surface area contributed by atoms with Crippen LogP contribution >= 0.6 is 0 Å². The molecule has 320 valence electrons. The quantitative estimate of drug-likeness (QED) is 0.0629. The van der Waals surface area contributed by atoms with Gasteiger partial charge in [-0.05, 0) is 81.5 Å². The molecule has 3 aromatic rings. The number of allylic oxidation sites excluding steroid dienone is 1. The summed E-state index contributed by atoms with van der Waals surface area (Å²) < 4.78 is 12.8. The SMILES string of the molecule is CCCCCCCCC1(CCCCCCCC)c2cc(/C=C/c3cc(OCC(CC)CCCC)c(/C=C/C(C)(C)C)cc3OC)ccc2-c2ccc(C(C)(C)C)cc21. The number of hydrogen-bond donors (Lipinski definition) is 0. The van der Waals surface area contributed by atoms with Crippen molar-refractivity contribution in [3.63, 3.8) is 0 Å². The molecule has 1 atom stereocenters. The zero-order valence-corrected chi connectivity index (χ0v) is 39.3. The molecule has 2 heteroatoms. The molecule has 0 saturated heterocycles. The molecule has 2 nitrogen and oxygen atoms in total. The molecule has 0 radical (unpaired) electrons. The van der Waals surface area contributed by atoms with Gasteiger partial charge in [0.1, 0.15) is 11.5 Å². The van der Waals surface area contributed by atoms with Crippen LogP contribution in [0.2, 0.25) is 0 Å². The van der Waals surface area contributed by atoms with Gasteiger partial charge >= 0.3 is 0 Å². The van der Waals surface area contributed by atoms with Crippen LogP contribution in [0.3, 0.4) is 0 Å². The number of ether oxygens (including phenoxy) is 2. The van der Waals surface area contributed by atoms with Crippen LogP contribution in [0.5, 0.6) is 11.5 Å². The molecule has 0 fully saturated rings. The van der Waals surface area contributed by atoms with E-state index in [0.29, 0.717) is 5.92 Å². The van der Waals surface area contributed by atoms with Crippen molar-refractivity contribution in [2.75, 3.05) is 13.7 Å². The number of unbranched alkanes of at least 4 members (excludes halogenated alkanes) is 11. The highest BCUT2D eigenvalue weighted by Gasteiger charge is 2.43. The van der Waals surface area contributed by atoms with Gasteiger partial charge in [0.05, 0.1) is 13.7 Å². The summed E-state index contributed by atoms with van der Waals surface area (Å²) in [6.45, 7) is 23.8. The number of hydrogen-bond acceptors (Lipinski definition) is 2. The summed E-state index contributed by atoms with van der Waals surface area (Å²) in [4.78, 5) is 0. The van der Waals surface area contributed by atoms with Gasteiger partial charge in [0.25, 0.3) is 0 Å². The van der Waals surface area contributed by atoms with Gasteiger partial charge < -0.3 is 9.47 Å². The third kappa shape index (κ3) is 13.4. The van der Waals surface area contributed by atoms with Crippen molar-refractivity contribution in [2.24, 2.45) is 11.3 Å². The Labute approximate surface area is 357 Å². The van der Waals surface area contributed by atoms with E-state index >= 15 is 0 Å². The molecule has 1 aliphatic carbocycles. The Morgan fingerprint density at radius 3 is 1.71 bits per heavy atom. The van der Waals surface area contributed by atoms with Gasteiger partial charge in [-0.15, -0.1) is 0 Å². The zero-order valence-electron chi connectivity index (χ0n) is 39.3. The first-order chi connectivity index (χ1) is 27.8. The minimum Gasteiger partial charge on any atom is -0.496 e. The zero-order chi connectivity index (χ0) is 42.2. The molecule has 1 aliphatic rings. The standard InChI is InChI=1S/C56H84O2/c1-12-16-19-21-23-25-35-56(36-26-24-22-20-17-13-2)50-38-44(29-32-48(50)49-33-31-47(41-51(49)56)55(8,9)10)28-30-45-40-53(58-42-43(15-4)27-18-14-3)46(39-52(45)57-11)34-37-54(5,6)7/h28-34,37-41,43H,12-27,35-36,42H2,1-11H3/b30-28+,37-34+. The van der Waals surface area contributed by atoms with Crippen molar-refractivity contribution >= 4 is 18.2 Å². The Morgan fingerprint density at radius 1 is 0.586 bits per heavy atom. The normalized spacial score (nSPS) is 14.3. The maximum atomic E-state index is 6.70. The predicted molar refractivity (Wildman–Crippen MR) is 257 cm³/mol. The molecule has 0 N–H and O–H groups in total. The van der Waals surface area contributed by atoms with Crippen LogP contribution in [0, 0.1) is 11.3 Å². The molecule has 4 rings (SSSR count). The van der Waals surface area contributed by atoms with E-state index in [4.69, 9.17) is 9.47 Å². The van der Waals surface area contributed by atoms with Crippen LogP contribution < -0.4 is 9.47 Å². The van der Waals surface area contributed by atoms with Gasteiger partial charge in [0, 0.05) is 16.5 Å². The third-order valence-electron chi connectivity index (χ3n) is 12.8. The maximum absolute atomic E-state index is 6.70. The smallest absolute Gasteiger partial charge is 0.127 e. The van der Waals surface area contributed by atoms with Crippen molar-refractivity contribution in [3.05, 3.63) is 88.0 Å². The van der Waals surface area contributed by atoms with Gasteiger partial charge in [0.15, 0.2) is 0 Å². The molecular formula is C56H84O2. The highest BCUT2D eigenvalue weighted by molar-refractivity contribution is 5.84. The second kappa shape index (κ2) is 22.9. The van der Waals surface area contributed by atoms with E-state index in [9.17, 15) is 0 Å². The van der Waals surface area contributed by atoms with Gasteiger partial charge in [-0.3, -0.25) is 0 Å². The van der Waals surface area contributed by atoms with E-state index in [1.165, 1.54) is 131 Å². The number of rotatable bonds is 25. The molecule has 0 heterocycles. The van der Waals surface area contributed by atoms with Crippen LogP contribution in [-0.2, 0) is 10.8 Å². The number of benzene rings is 3. The Bertz CT molecular complexity index is 1730. The minimum absolute atomic E-state index is 0.0403. The Balaban J connectivity index is 1.78. The lowest BCUT2D eigenvalue weighted by atomic mass is 9.69. The molecule has 0 bridgehead atoms. The Kier molecular flexibility index (Phi) is 18.7. The average Bonchev–Trinajstić information content (AvgIpc) is 3.46. The van der Waals surface area contributed by atoms with Crippen molar-refractivity contribution < 1.29 is 9.47 Å². The van der Waals surface area contributed by atoms with Crippen molar-refractivity contribution in [1.82, 2.24) is 0 Å². The summed E-state index contributed by atoms with van der Waals surface area (Å²) in [5, 5.41) is 0. The average molecular weight is 789 g/mol. The monoisotopic (exact) mass is 789 g/mol. The van der Waals surface area contributed by atoms with Crippen LogP contribution in [0.15, 0.2) is 54.6 Å². The van der Waals surface area contributed by atoms with E-state index in [1.54, 1.807) is 18.2 Å². The van der Waals surface area contributed by atoms with Crippen molar-refractivity contribution in [1.29, 1.82) is 0 Å². The van der Waals surface area contributed by atoms with Crippen LogP contribution in [0.25, 0.3) is 29.4 Å². The summed E-state index contributed by atoms with van der Waals surface area (Å²) in [5.74, 6) is 2.37. The topological polar surface area (TPSA) is 18.5 Å². The summed E-state index contributed by atoms with van der Waals surface area (Å²) in [7, 11) is 1.79. The summed E-state index contributed by atoms with van der Waals surface area (Å²) in [6, 6.07) is 19.2. The number of fused-ring (bicyclic) bond motifs is 3. The molecule has 0 aliphatic heterocycles. The predicted octanol–water partition coefficient (Wildman–Crippen LogP) is 17.6. The van der Waals surface area contributed by atoms with E-state index in [0.717, 1.165) is 35.7 Å². The highest BCUT2D eigenvalue weighted by atomic mass is 16.5. The number of methoxy groups -OCH3 is 1. The lowest BCUT2D eigenvalue weighted by Gasteiger charge is -2.34. The molecule has 0 aromatic heterocycles. The fourth-order valence-electron chi connectivity index (χ4n) is 8.95. The fraction of sp³-hybridized carbons (Fsp3) is 0.607. The molecule has 0 amide bonds.